The predicted octanol–water partition coefficient (Wildman–Crippen LogP) is 4.00. The van der Waals surface area contributed by atoms with Crippen molar-refractivity contribution in [2.75, 3.05) is 33.3 Å². The fraction of sp³-hybridized carbons (Fsp3) is 0.720. The maximum Gasteiger partial charge on any atom is 0.227 e. The number of carbonyl (C=O) groups excluding carboxylic acids is 1. The first-order chi connectivity index (χ1) is 14.1. The number of fused-ring (bicyclic) bond motifs is 6. The standard InChI is InChI=1S/C25H34N2O2/c1-16-23-20-7-6-19(29-2)13-22(20)25(16)10-4-3-5-18(25)14-27(23)24(28)21-15-26-11-8-17(21)9-12-26/h6-7,13,16-18,21,23H,3-5,8-12,14-15H2,1-2H3/t16-,18?,21?,23-,25?/m0/s1. The van der Waals surface area contributed by atoms with Crippen LogP contribution in [0.4, 0.5) is 0 Å². The predicted molar refractivity (Wildman–Crippen MR) is 113 cm³/mol. The van der Waals surface area contributed by atoms with Crippen LogP contribution in [0.2, 0.25) is 0 Å². The molecule has 4 heterocycles. The lowest BCUT2D eigenvalue weighted by Crippen LogP contribution is -2.59. The molecule has 3 unspecified atom stereocenters. The third kappa shape index (κ3) is 2.38. The molecule has 2 aliphatic carbocycles. The number of methoxy groups -OCH3 is 1. The van der Waals surface area contributed by atoms with Crippen LogP contribution in [0, 0.1) is 23.7 Å². The third-order valence-corrected chi connectivity index (χ3v) is 9.50. The van der Waals surface area contributed by atoms with E-state index in [-0.39, 0.29) is 17.4 Å². The summed E-state index contributed by atoms with van der Waals surface area (Å²) >= 11 is 0. The van der Waals surface area contributed by atoms with Crippen molar-refractivity contribution < 1.29 is 9.53 Å². The van der Waals surface area contributed by atoms with E-state index in [1.165, 1.54) is 62.7 Å². The zero-order chi connectivity index (χ0) is 19.8. The Morgan fingerprint density at radius 3 is 2.69 bits per heavy atom. The topological polar surface area (TPSA) is 32.8 Å². The molecule has 0 aromatic heterocycles. The zero-order valence-corrected chi connectivity index (χ0v) is 17.9. The molecule has 1 amide bonds. The van der Waals surface area contributed by atoms with E-state index in [1.54, 1.807) is 7.11 Å². The Hall–Kier alpha value is -1.55. The molecule has 1 aromatic carbocycles. The quantitative estimate of drug-likeness (QED) is 0.760. The fourth-order valence-electron chi connectivity index (χ4n) is 8.07. The van der Waals surface area contributed by atoms with Gasteiger partial charge in [-0.2, -0.15) is 0 Å². The summed E-state index contributed by atoms with van der Waals surface area (Å²) in [5, 5.41) is 0. The number of benzene rings is 1. The van der Waals surface area contributed by atoms with E-state index in [0.29, 0.717) is 23.7 Å². The molecular formula is C25H34N2O2. The molecule has 1 saturated carbocycles. The van der Waals surface area contributed by atoms with Gasteiger partial charge >= 0.3 is 0 Å². The van der Waals surface area contributed by atoms with Gasteiger partial charge in [-0.05, 0) is 79.8 Å². The molecule has 5 atom stereocenters. The molecule has 4 bridgehead atoms. The van der Waals surface area contributed by atoms with Crippen LogP contribution in [-0.4, -0.2) is 49.0 Å². The molecule has 0 radical (unpaired) electrons. The minimum absolute atomic E-state index is 0.225. The lowest BCUT2D eigenvalue weighted by atomic mass is 9.57. The summed E-state index contributed by atoms with van der Waals surface area (Å²) in [5.74, 6) is 3.37. The van der Waals surface area contributed by atoms with Gasteiger partial charge in [0.15, 0.2) is 0 Å². The number of likely N-dealkylation sites (tertiary alicyclic amines) is 1. The van der Waals surface area contributed by atoms with Gasteiger partial charge < -0.3 is 14.5 Å². The molecule has 4 saturated heterocycles. The summed E-state index contributed by atoms with van der Waals surface area (Å²) in [7, 11) is 1.77. The van der Waals surface area contributed by atoms with Gasteiger partial charge in [0.1, 0.15) is 5.75 Å². The van der Waals surface area contributed by atoms with Gasteiger partial charge in [0, 0.05) is 18.5 Å². The largest absolute Gasteiger partial charge is 0.497 e. The van der Waals surface area contributed by atoms with Gasteiger partial charge in [0.05, 0.1) is 19.1 Å². The highest BCUT2D eigenvalue weighted by molar-refractivity contribution is 5.81. The summed E-state index contributed by atoms with van der Waals surface area (Å²) in [6.07, 6.45) is 7.59. The average molecular weight is 395 g/mol. The smallest absolute Gasteiger partial charge is 0.227 e. The lowest BCUT2D eigenvalue weighted by Gasteiger charge is -2.54. The van der Waals surface area contributed by atoms with E-state index in [0.717, 1.165) is 18.8 Å². The third-order valence-electron chi connectivity index (χ3n) is 9.50. The molecular weight excluding hydrogens is 360 g/mol. The van der Waals surface area contributed by atoms with Crippen molar-refractivity contribution in [3.63, 3.8) is 0 Å². The van der Waals surface area contributed by atoms with Gasteiger partial charge in [-0.1, -0.05) is 25.8 Å². The first-order valence-electron chi connectivity index (χ1n) is 11.8. The molecule has 7 rings (SSSR count). The average Bonchev–Trinajstić information content (AvgIpc) is 2.93. The lowest BCUT2D eigenvalue weighted by molar-refractivity contribution is -0.152. The summed E-state index contributed by atoms with van der Waals surface area (Å²) < 4.78 is 5.62. The van der Waals surface area contributed by atoms with E-state index in [2.05, 4.69) is 34.9 Å². The van der Waals surface area contributed by atoms with Crippen molar-refractivity contribution in [1.29, 1.82) is 0 Å². The van der Waals surface area contributed by atoms with E-state index < -0.39 is 0 Å². The molecule has 5 fully saturated rings. The van der Waals surface area contributed by atoms with Crippen LogP contribution in [0.25, 0.3) is 0 Å². The second-order valence-corrected chi connectivity index (χ2v) is 10.4. The summed E-state index contributed by atoms with van der Waals surface area (Å²) in [6.45, 7) is 6.79. The van der Waals surface area contributed by atoms with Gasteiger partial charge in [-0.3, -0.25) is 4.79 Å². The highest BCUT2D eigenvalue weighted by atomic mass is 16.5. The van der Waals surface area contributed by atoms with Crippen LogP contribution >= 0.6 is 0 Å². The number of rotatable bonds is 2. The summed E-state index contributed by atoms with van der Waals surface area (Å²) in [5.41, 5.74) is 3.17. The number of carbonyl (C=O) groups is 1. The number of amides is 1. The molecule has 4 aliphatic heterocycles. The van der Waals surface area contributed by atoms with E-state index in [4.69, 9.17) is 4.74 Å². The van der Waals surface area contributed by atoms with Gasteiger partial charge in [-0.25, -0.2) is 0 Å². The minimum Gasteiger partial charge on any atom is -0.497 e. The Labute approximate surface area is 174 Å². The Morgan fingerprint density at radius 2 is 1.97 bits per heavy atom. The van der Waals surface area contributed by atoms with Crippen LogP contribution in [-0.2, 0) is 10.2 Å². The van der Waals surface area contributed by atoms with Gasteiger partial charge in [0.25, 0.3) is 0 Å². The first kappa shape index (κ1) is 18.2. The Morgan fingerprint density at radius 1 is 1.14 bits per heavy atom. The second kappa shape index (κ2) is 6.47. The van der Waals surface area contributed by atoms with Crippen LogP contribution in [0.1, 0.15) is 62.6 Å². The minimum atomic E-state index is 0.225. The number of hydrogen-bond acceptors (Lipinski definition) is 3. The number of nitrogens with zero attached hydrogens (tertiary/aromatic N) is 2. The highest BCUT2D eigenvalue weighted by Crippen LogP contribution is 2.64. The van der Waals surface area contributed by atoms with Crippen LogP contribution in [0.5, 0.6) is 5.75 Å². The van der Waals surface area contributed by atoms with Crippen molar-refractivity contribution >= 4 is 5.91 Å². The number of piperidine rings is 4. The molecule has 4 nitrogen and oxygen atoms in total. The van der Waals surface area contributed by atoms with Gasteiger partial charge in [0.2, 0.25) is 5.91 Å². The number of ether oxygens (including phenoxy) is 1. The van der Waals surface area contributed by atoms with Crippen LogP contribution < -0.4 is 4.74 Å². The SMILES string of the molecule is COc1ccc2c(c1)C13CCCCC1CN(C(=O)C1CN4CCC1CC4)[C@H]2[C@@H]3C. The molecule has 29 heavy (non-hydrogen) atoms. The monoisotopic (exact) mass is 394 g/mol. The number of hydrogen-bond donors (Lipinski definition) is 0. The molecule has 1 spiro atoms. The summed E-state index contributed by atoms with van der Waals surface area (Å²) in [4.78, 5) is 18.8. The van der Waals surface area contributed by atoms with Crippen molar-refractivity contribution in [1.82, 2.24) is 9.80 Å². The van der Waals surface area contributed by atoms with E-state index >= 15 is 0 Å². The highest BCUT2D eigenvalue weighted by Gasteiger charge is 2.61. The first-order valence-corrected chi connectivity index (χ1v) is 11.8. The summed E-state index contributed by atoms with van der Waals surface area (Å²) in [6, 6.07) is 6.95. The zero-order valence-electron chi connectivity index (χ0n) is 17.9. The maximum absolute atomic E-state index is 14.0. The van der Waals surface area contributed by atoms with Crippen LogP contribution in [0.15, 0.2) is 18.2 Å². The Bertz CT molecular complexity index is 826. The van der Waals surface area contributed by atoms with Gasteiger partial charge in [-0.15, -0.1) is 0 Å². The Kier molecular flexibility index (Phi) is 4.07. The molecule has 4 heteroatoms. The second-order valence-electron chi connectivity index (χ2n) is 10.4. The van der Waals surface area contributed by atoms with E-state index in [1.807, 2.05) is 0 Å². The molecule has 156 valence electrons. The fourth-order valence-corrected chi connectivity index (χ4v) is 8.07. The van der Waals surface area contributed by atoms with Crippen molar-refractivity contribution in [3.05, 3.63) is 29.3 Å². The van der Waals surface area contributed by atoms with Crippen molar-refractivity contribution in [2.45, 2.75) is 56.9 Å². The van der Waals surface area contributed by atoms with E-state index in [9.17, 15) is 4.79 Å². The van der Waals surface area contributed by atoms with Crippen molar-refractivity contribution in [3.8, 4) is 5.75 Å². The van der Waals surface area contributed by atoms with Crippen LogP contribution in [0.3, 0.4) is 0 Å². The normalized spacial score (nSPS) is 42.3. The molecule has 1 aromatic rings. The molecule has 0 N–H and O–H groups in total. The maximum atomic E-state index is 14.0. The Balaban J connectivity index is 1.42. The molecule has 6 aliphatic rings. The van der Waals surface area contributed by atoms with Crippen molar-refractivity contribution in [2.24, 2.45) is 23.7 Å².